The van der Waals surface area contributed by atoms with Crippen molar-refractivity contribution in [3.8, 4) is 11.3 Å². The molecule has 2 rings (SSSR count). The van der Waals surface area contributed by atoms with E-state index in [4.69, 9.17) is 11.6 Å². The van der Waals surface area contributed by atoms with Crippen LogP contribution in [0.3, 0.4) is 0 Å². The van der Waals surface area contributed by atoms with Crippen molar-refractivity contribution in [2.75, 3.05) is 11.9 Å². The van der Waals surface area contributed by atoms with Gasteiger partial charge in [-0.05, 0) is 19.9 Å². The smallest absolute Gasteiger partial charge is 0.133 e. The number of aryl methyl sites for hydroxylation is 1. The SMILES string of the molecule is CCNc1nc(CC)nc(-c2ccccc2Cl)c1C. The molecule has 0 atom stereocenters. The number of benzene rings is 1. The van der Waals surface area contributed by atoms with Gasteiger partial charge in [0.25, 0.3) is 0 Å². The Morgan fingerprint density at radius 3 is 2.53 bits per heavy atom. The van der Waals surface area contributed by atoms with Crippen LogP contribution in [0, 0.1) is 6.92 Å². The van der Waals surface area contributed by atoms with Gasteiger partial charge < -0.3 is 5.32 Å². The van der Waals surface area contributed by atoms with Gasteiger partial charge in [0, 0.05) is 29.1 Å². The van der Waals surface area contributed by atoms with Gasteiger partial charge in [0.1, 0.15) is 11.6 Å². The highest BCUT2D eigenvalue weighted by molar-refractivity contribution is 6.33. The van der Waals surface area contributed by atoms with Gasteiger partial charge in [-0.1, -0.05) is 36.7 Å². The zero-order valence-electron chi connectivity index (χ0n) is 11.5. The number of nitrogens with one attached hydrogen (secondary N) is 1. The first kappa shape index (κ1) is 13.8. The van der Waals surface area contributed by atoms with Crippen LogP contribution in [0.4, 0.5) is 5.82 Å². The summed E-state index contributed by atoms with van der Waals surface area (Å²) in [6.07, 6.45) is 0.802. The molecule has 0 saturated carbocycles. The van der Waals surface area contributed by atoms with E-state index in [1.807, 2.05) is 31.2 Å². The summed E-state index contributed by atoms with van der Waals surface area (Å²) >= 11 is 6.27. The summed E-state index contributed by atoms with van der Waals surface area (Å²) in [5.74, 6) is 1.72. The Morgan fingerprint density at radius 1 is 1.16 bits per heavy atom. The molecule has 0 spiro atoms. The molecule has 1 aromatic heterocycles. The van der Waals surface area contributed by atoms with Crippen LogP contribution in [-0.4, -0.2) is 16.5 Å². The number of hydrogen-bond donors (Lipinski definition) is 1. The van der Waals surface area contributed by atoms with Crippen molar-refractivity contribution in [2.45, 2.75) is 27.2 Å². The Balaban J connectivity index is 2.62. The van der Waals surface area contributed by atoms with Crippen molar-refractivity contribution in [1.82, 2.24) is 9.97 Å². The Hall–Kier alpha value is -1.61. The average molecular weight is 276 g/mol. The first-order valence-electron chi connectivity index (χ1n) is 6.53. The largest absolute Gasteiger partial charge is 0.370 e. The first-order chi connectivity index (χ1) is 9.17. The van der Waals surface area contributed by atoms with Crippen molar-refractivity contribution >= 4 is 17.4 Å². The standard InChI is InChI=1S/C15H18ClN3/c1-4-13-18-14(10(3)15(19-13)17-5-2)11-8-6-7-9-12(11)16/h6-9H,4-5H2,1-3H3,(H,17,18,19). The third-order valence-corrected chi connectivity index (χ3v) is 3.31. The molecule has 0 bridgehead atoms. The highest BCUT2D eigenvalue weighted by atomic mass is 35.5. The van der Waals surface area contributed by atoms with Gasteiger partial charge in [0.15, 0.2) is 0 Å². The van der Waals surface area contributed by atoms with E-state index in [-0.39, 0.29) is 0 Å². The highest BCUT2D eigenvalue weighted by Crippen LogP contribution is 2.31. The van der Waals surface area contributed by atoms with E-state index in [0.717, 1.165) is 41.4 Å². The Labute approximate surface area is 119 Å². The summed E-state index contributed by atoms with van der Waals surface area (Å²) in [6, 6.07) is 7.78. The third-order valence-electron chi connectivity index (χ3n) is 2.98. The molecule has 0 aliphatic rings. The third kappa shape index (κ3) is 2.87. The summed E-state index contributed by atoms with van der Waals surface area (Å²) < 4.78 is 0. The Morgan fingerprint density at radius 2 is 1.89 bits per heavy atom. The number of halogens is 1. The van der Waals surface area contributed by atoms with Crippen LogP contribution < -0.4 is 5.32 Å². The lowest BCUT2D eigenvalue weighted by Crippen LogP contribution is -2.07. The number of aromatic nitrogens is 2. The van der Waals surface area contributed by atoms with Gasteiger partial charge in [0.2, 0.25) is 0 Å². The zero-order chi connectivity index (χ0) is 13.8. The molecule has 0 amide bonds. The fourth-order valence-electron chi connectivity index (χ4n) is 1.98. The fraction of sp³-hybridized carbons (Fsp3) is 0.333. The fourth-order valence-corrected chi connectivity index (χ4v) is 2.20. The molecule has 3 nitrogen and oxygen atoms in total. The van der Waals surface area contributed by atoms with E-state index >= 15 is 0 Å². The van der Waals surface area contributed by atoms with Crippen molar-refractivity contribution in [2.24, 2.45) is 0 Å². The molecule has 0 fully saturated rings. The molecule has 0 radical (unpaired) electrons. The van der Waals surface area contributed by atoms with Gasteiger partial charge in [-0.25, -0.2) is 9.97 Å². The van der Waals surface area contributed by atoms with Gasteiger partial charge >= 0.3 is 0 Å². The molecule has 0 saturated heterocycles. The number of rotatable bonds is 4. The summed E-state index contributed by atoms with van der Waals surface area (Å²) in [7, 11) is 0. The van der Waals surface area contributed by atoms with Crippen molar-refractivity contribution in [3.05, 3.63) is 40.7 Å². The van der Waals surface area contributed by atoms with Crippen molar-refractivity contribution in [1.29, 1.82) is 0 Å². The summed E-state index contributed by atoms with van der Waals surface area (Å²) in [6.45, 7) is 6.97. The second-order valence-corrected chi connectivity index (χ2v) is 4.73. The predicted octanol–water partition coefficient (Wildman–Crippen LogP) is 4.10. The molecule has 1 N–H and O–H groups in total. The quantitative estimate of drug-likeness (QED) is 0.913. The molecule has 1 heterocycles. The van der Waals surface area contributed by atoms with E-state index in [9.17, 15) is 0 Å². The first-order valence-corrected chi connectivity index (χ1v) is 6.91. The van der Waals surface area contributed by atoms with Crippen molar-refractivity contribution in [3.63, 3.8) is 0 Å². The van der Waals surface area contributed by atoms with Crippen LogP contribution in [-0.2, 0) is 6.42 Å². The number of nitrogens with zero attached hydrogens (tertiary/aromatic N) is 2. The number of anilines is 1. The molecular weight excluding hydrogens is 258 g/mol. The molecule has 0 unspecified atom stereocenters. The molecule has 0 aliphatic heterocycles. The lowest BCUT2D eigenvalue weighted by atomic mass is 10.1. The van der Waals surface area contributed by atoms with Gasteiger partial charge in [-0.3, -0.25) is 0 Å². The van der Waals surface area contributed by atoms with Crippen LogP contribution >= 0.6 is 11.6 Å². The summed E-state index contributed by atoms with van der Waals surface area (Å²) in [5, 5.41) is 4.00. The van der Waals surface area contributed by atoms with E-state index < -0.39 is 0 Å². The summed E-state index contributed by atoms with van der Waals surface area (Å²) in [4.78, 5) is 9.16. The maximum Gasteiger partial charge on any atom is 0.133 e. The number of hydrogen-bond acceptors (Lipinski definition) is 3. The zero-order valence-corrected chi connectivity index (χ0v) is 12.3. The monoisotopic (exact) mass is 275 g/mol. The molecule has 1 aromatic carbocycles. The van der Waals surface area contributed by atoms with Gasteiger partial charge in [-0.15, -0.1) is 0 Å². The van der Waals surface area contributed by atoms with Crippen molar-refractivity contribution < 1.29 is 0 Å². The van der Waals surface area contributed by atoms with Crippen LogP contribution in [0.5, 0.6) is 0 Å². The molecule has 0 aliphatic carbocycles. The predicted molar refractivity (Wildman–Crippen MR) is 80.8 cm³/mol. The molecule has 100 valence electrons. The Bertz CT molecular complexity index is 582. The molecular formula is C15H18ClN3. The normalized spacial score (nSPS) is 10.5. The second-order valence-electron chi connectivity index (χ2n) is 4.33. The van der Waals surface area contributed by atoms with Crippen LogP contribution in [0.2, 0.25) is 5.02 Å². The minimum absolute atomic E-state index is 0.716. The van der Waals surface area contributed by atoms with E-state index in [1.165, 1.54) is 0 Å². The maximum atomic E-state index is 6.27. The van der Waals surface area contributed by atoms with Crippen LogP contribution in [0.1, 0.15) is 25.2 Å². The minimum Gasteiger partial charge on any atom is -0.370 e. The average Bonchev–Trinajstić information content (AvgIpc) is 2.42. The molecule has 2 aromatic rings. The minimum atomic E-state index is 0.716. The Kier molecular flexibility index (Phi) is 4.38. The lowest BCUT2D eigenvalue weighted by molar-refractivity contribution is 0.930. The van der Waals surface area contributed by atoms with Gasteiger partial charge in [-0.2, -0.15) is 0 Å². The topological polar surface area (TPSA) is 37.8 Å². The highest BCUT2D eigenvalue weighted by Gasteiger charge is 2.13. The van der Waals surface area contributed by atoms with E-state index in [1.54, 1.807) is 0 Å². The molecule has 19 heavy (non-hydrogen) atoms. The van der Waals surface area contributed by atoms with E-state index in [2.05, 4.69) is 29.1 Å². The summed E-state index contributed by atoms with van der Waals surface area (Å²) in [5.41, 5.74) is 2.90. The van der Waals surface area contributed by atoms with Gasteiger partial charge in [0.05, 0.1) is 5.69 Å². The van der Waals surface area contributed by atoms with E-state index in [0.29, 0.717) is 5.02 Å². The second kappa shape index (κ2) is 6.02. The maximum absolute atomic E-state index is 6.27. The van der Waals surface area contributed by atoms with Crippen LogP contribution in [0.25, 0.3) is 11.3 Å². The van der Waals surface area contributed by atoms with Crippen LogP contribution in [0.15, 0.2) is 24.3 Å². The molecule has 4 heteroatoms. The lowest BCUT2D eigenvalue weighted by Gasteiger charge is -2.13.